The summed E-state index contributed by atoms with van der Waals surface area (Å²) in [7, 11) is -0.587. The maximum atomic E-state index is 4.62. The van der Waals surface area contributed by atoms with Gasteiger partial charge in [0.2, 0.25) is 0 Å². The lowest BCUT2D eigenvalue weighted by atomic mass is 10.4. The molecule has 1 aromatic heterocycles. The Balaban J connectivity index is 1.96. The molecule has 21 heavy (non-hydrogen) atoms. The monoisotopic (exact) mass is 290 g/mol. The second kappa shape index (κ2) is 6.92. The van der Waals surface area contributed by atoms with Crippen molar-refractivity contribution < 1.29 is 0 Å². The van der Waals surface area contributed by atoms with Gasteiger partial charge in [0, 0.05) is 18.3 Å². The highest BCUT2D eigenvalue weighted by Gasteiger charge is 2.10. The molecule has 0 radical (unpaired) electrons. The zero-order chi connectivity index (χ0) is 14.3. The second-order valence-corrected chi connectivity index (χ2v) is 6.49. The third-order valence-corrected chi connectivity index (χ3v) is 5.11. The fourth-order valence-electron chi connectivity index (χ4n) is 2.01. The summed E-state index contributed by atoms with van der Waals surface area (Å²) in [4.78, 5) is 8.64. The zero-order valence-corrected chi connectivity index (χ0v) is 12.4. The molecule has 3 aromatic rings. The molecule has 0 saturated heterocycles. The molecule has 0 aliphatic rings. The minimum atomic E-state index is -0.587. The van der Waals surface area contributed by atoms with Gasteiger partial charge in [0.05, 0.1) is 5.69 Å². The van der Waals surface area contributed by atoms with Gasteiger partial charge in [0.1, 0.15) is 0 Å². The first-order valence-corrected chi connectivity index (χ1v) is 8.18. The molecule has 0 unspecified atom stereocenters. The number of nitrogens with zero attached hydrogens (tertiary/aromatic N) is 2. The van der Waals surface area contributed by atoms with Gasteiger partial charge in [-0.3, -0.25) is 9.98 Å². The van der Waals surface area contributed by atoms with E-state index < -0.39 is 7.92 Å². The standard InChI is InChI=1S/C18H15N2P/c1-3-7-17(8-4-1)21(18-9-5-2-6-10-18)15-20-16-11-13-19-14-12-16/h1-15H. The molecule has 2 aromatic carbocycles. The molecule has 0 aliphatic heterocycles. The van der Waals surface area contributed by atoms with Crippen molar-refractivity contribution in [1.29, 1.82) is 0 Å². The van der Waals surface area contributed by atoms with Crippen LogP contribution in [0.5, 0.6) is 0 Å². The van der Waals surface area contributed by atoms with Crippen molar-refractivity contribution in [2.24, 2.45) is 4.99 Å². The Hall–Kier alpha value is -2.31. The van der Waals surface area contributed by atoms with Crippen molar-refractivity contribution >= 4 is 30.2 Å². The first-order valence-electron chi connectivity index (χ1n) is 6.77. The van der Waals surface area contributed by atoms with Crippen LogP contribution in [-0.4, -0.2) is 10.9 Å². The molecule has 1 heterocycles. The van der Waals surface area contributed by atoms with E-state index in [2.05, 4.69) is 64.5 Å². The maximum absolute atomic E-state index is 4.62. The van der Waals surface area contributed by atoms with E-state index in [1.165, 1.54) is 10.6 Å². The lowest BCUT2D eigenvalue weighted by Gasteiger charge is -2.13. The molecule has 0 fully saturated rings. The van der Waals surface area contributed by atoms with E-state index in [4.69, 9.17) is 0 Å². The summed E-state index contributed by atoms with van der Waals surface area (Å²) in [6, 6.07) is 24.9. The number of pyridine rings is 1. The number of hydrogen-bond donors (Lipinski definition) is 0. The van der Waals surface area contributed by atoms with Gasteiger partial charge in [-0.1, -0.05) is 60.7 Å². The van der Waals surface area contributed by atoms with Crippen LogP contribution in [0.2, 0.25) is 0 Å². The van der Waals surface area contributed by atoms with Crippen LogP contribution in [0.25, 0.3) is 0 Å². The average molecular weight is 290 g/mol. The van der Waals surface area contributed by atoms with E-state index in [-0.39, 0.29) is 0 Å². The summed E-state index contributed by atoms with van der Waals surface area (Å²) >= 11 is 0. The summed E-state index contributed by atoms with van der Waals surface area (Å²) < 4.78 is 0. The summed E-state index contributed by atoms with van der Waals surface area (Å²) in [6.45, 7) is 0. The molecular formula is C18H15N2P. The van der Waals surface area contributed by atoms with Gasteiger partial charge >= 0.3 is 0 Å². The molecule has 0 spiro atoms. The Morgan fingerprint density at radius 2 is 1.24 bits per heavy atom. The van der Waals surface area contributed by atoms with Gasteiger partial charge in [-0.15, -0.1) is 0 Å². The van der Waals surface area contributed by atoms with Gasteiger partial charge in [0.25, 0.3) is 0 Å². The zero-order valence-electron chi connectivity index (χ0n) is 11.5. The Bertz CT molecular complexity index is 658. The predicted molar refractivity (Wildman–Crippen MR) is 91.5 cm³/mol. The van der Waals surface area contributed by atoms with Crippen LogP contribution in [0.4, 0.5) is 5.69 Å². The van der Waals surface area contributed by atoms with Crippen LogP contribution in [0, 0.1) is 0 Å². The summed E-state index contributed by atoms with van der Waals surface area (Å²) in [5.74, 6) is 2.06. The van der Waals surface area contributed by atoms with Crippen LogP contribution in [0.3, 0.4) is 0 Å². The van der Waals surface area contributed by atoms with Crippen LogP contribution in [0.15, 0.2) is 90.2 Å². The molecule has 0 atom stereocenters. The number of aromatic nitrogens is 1. The fourth-order valence-corrected chi connectivity index (χ4v) is 3.81. The van der Waals surface area contributed by atoms with Gasteiger partial charge in [-0.2, -0.15) is 0 Å². The fraction of sp³-hybridized carbons (Fsp3) is 0. The lowest BCUT2D eigenvalue weighted by Crippen LogP contribution is -2.11. The van der Waals surface area contributed by atoms with Crippen LogP contribution in [-0.2, 0) is 0 Å². The Morgan fingerprint density at radius 3 is 1.76 bits per heavy atom. The third-order valence-electron chi connectivity index (χ3n) is 3.05. The van der Waals surface area contributed by atoms with Crippen molar-refractivity contribution in [2.75, 3.05) is 0 Å². The van der Waals surface area contributed by atoms with Crippen molar-refractivity contribution in [3.05, 3.63) is 85.2 Å². The molecule has 2 nitrogen and oxygen atoms in total. The van der Waals surface area contributed by atoms with Gasteiger partial charge < -0.3 is 0 Å². The van der Waals surface area contributed by atoms with Crippen molar-refractivity contribution in [3.8, 4) is 0 Å². The Kier molecular flexibility index (Phi) is 4.50. The maximum Gasteiger partial charge on any atom is 0.0660 e. The first kappa shape index (κ1) is 13.7. The number of hydrogen-bond acceptors (Lipinski definition) is 2. The number of benzene rings is 2. The van der Waals surface area contributed by atoms with Crippen LogP contribution < -0.4 is 10.6 Å². The summed E-state index contributed by atoms with van der Waals surface area (Å²) in [5.41, 5.74) is 0.935. The van der Waals surface area contributed by atoms with E-state index in [0.717, 1.165) is 5.69 Å². The molecular weight excluding hydrogens is 275 g/mol. The molecule has 0 aliphatic carbocycles. The van der Waals surface area contributed by atoms with Crippen molar-refractivity contribution in [3.63, 3.8) is 0 Å². The van der Waals surface area contributed by atoms with Gasteiger partial charge in [-0.05, 0) is 30.7 Å². The molecule has 0 bridgehead atoms. The molecule has 3 heteroatoms. The smallest absolute Gasteiger partial charge is 0.0660 e. The summed E-state index contributed by atoms with van der Waals surface area (Å²) in [5, 5.41) is 2.60. The average Bonchev–Trinajstić information content (AvgIpc) is 2.58. The van der Waals surface area contributed by atoms with E-state index in [0.29, 0.717) is 0 Å². The quantitative estimate of drug-likeness (QED) is 0.529. The lowest BCUT2D eigenvalue weighted by molar-refractivity contribution is 1.32. The molecule has 3 rings (SSSR count). The third kappa shape index (κ3) is 3.62. The normalized spacial score (nSPS) is 11.1. The number of aliphatic imine (C=N–C) groups is 1. The number of rotatable bonds is 4. The second-order valence-electron chi connectivity index (χ2n) is 4.49. The first-order chi connectivity index (χ1) is 10.4. The van der Waals surface area contributed by atoms with E-state index in [1.54, 1.807) is 12.4 Å². The summed E-state index contributed by atoms with van der Waals surface area (Å²) in [6.07, 6.45) is 3.53. The van der Waals surface area contributed by atoms with Gasteiger partial charge in [-0.25, -0.2) is 0 Å². The van der Waals surface area contributed by atoms with Crippen LogP contribution >= 0.6 is 7.92 Å². The van der Waals surface area contributed by atoms with Crippen molar-refractivity contribution in [2.45, 2.75) is 0 Å². The molecule has 0 saturated carbocycles. The van der Waals surface area contributed by atoms with E-state index >= 15 is 0 Å². The molecule has 102 valence electrons. The molecule has 0 N–H and O–H groups in total. The van der Waals surface area contributed by atoms with E-state index in [1.807, 2.05) is 24.3 Å². The highest BCUT2D eigenvalue weighted by molar-refractivity contribution is 7.86. The Labute approximate surface area is 126 Å². The Morgan fingerprint density at radius 1 is 0.714 bits per heavy atom. The molecule has 0 amide bonds. The highest BCUT2D eigenvalue weighted by Crippen LogP contribution is 2.31. The largest absolute Gasteiger partial charge is 0.265 e. The van der Waals surface area contributed by atoms with Gasteiger partial charge in [0.15, 0.2) is 0 Å². The highest BCUT2D eigenvalue weighted by atomic mass is 31.1. The van der Waals surface area contributed by atoms with E-state index in [9.17, 15) is 0 Å². The minimum Gasteiger partial charge on any atom is -0.265 e. The predicted octanol–water partition coefficient (Wildman–Crippen LogP) is 3.87. The SMILES string of the molecule is C(=Nc1ccncc1)P(c1ccccc1)c1ccccc1. The van der Waals surface area contributed by atoms with Crippen molar-refractivity contribution in [1.82, 2.24) is 4.98 Å². The topological polar surface area (TPSA) is 25.2 Å². The minimum absolute atomic E-state index is 0.587. The van der Waals surface area contributed by atoms with Crippen LogP contribution in [0.1, 0.15) is 0 Å².